The molecule has 8 rings (SSSR count). The Kier molecular flexibility index (Phi) is 5.98. The molecule has 0 N–H and O–H groups in total. The van der Waals surface area contributed by atoms with Crippen molar-refractivity contribution in [1.29, 1.82) is 0 Å². The van der Waals surface area contributed by atoms with Crippen LogP contribution in [-0.2, 0) is 5.41 Å². The number of anilines is 3. The van der Waals surface area contributed by atoms with Crippen molar-refractivity contribution in [2.45, 2.75) is 29.1 Å². The Morgan fingerprint density at radius 1 is 0.581 bits per heavy atom. The first kappa shape index (κ1) is 25.6. The standard InChI is InChI=1S/C37H27N3O2S/c1-37(2)25-14-6-7-18-30(25)41-35-26(37)15-10-16-28(35)40(34-23-38-27(22-39-34)24-12-4-3-5-13-24)29-17-11-21-33-36(29)42-31-19-8-9-20-32(31)43-33/h3-23H,1-2H3. The summed E-state index contributed by atoms with van der Waals surface area (Å²) in [4.78, 5) is 14.1. The fraction of sp³-hybridized carbons (Fsp3) is 0.0811. The van der Waals surface area contributed by atoms with E-state index in [2.05, 4.69) is 73.3 Å². The molecule has 2 aliphatic heterocycles. The van der Waals surface area contributed by atoms with Gasteiger partial charge in [0, 0.05) is 22.1 Å². The van der Waals surface area contributed by atoms with Gasteiger partial charge in [-0.2, -0.15) is 0 Å². The van der Waals surface area contributed by atoms with Crippen molar-refractivity contribution >= 4 is 29.0 Å². The molecule has 43 heavy (non-hydrogen) atoms. The van der Waals surface area contributed by atoms with Crippen LogP contribution in [0.1, 0.15) is 25.0 Å². The highest BCUT2D eigenvalue weighted by molar-refractivity contribution is 7.99. The third-order valence-electron chi connectivity index (χ3n) is 8.10. The molecule has 0 radical (unpaired) electrons. The fourth-order valence-electron chi connectivity index (χ4n) is 5.91. The van der Waals surface area contributed by atoms with Crippen molar-refractivity contribution in [2.24, 2.45) is 0 Å². The number of nitrogens with zero attached hydrogens (tertiary/aromatic N) is 3. The SMILES string of the molecule is CC1(C)c2ccccc2Oc2c(N(c3cnc(-c4ccccc4)cn3)c3cccc4c3Oc3ccccc3S4)cccc21. The van der Waals surface area contributed by atoms with Gasteiger partial charge >= 0.3 is 0 Å². The normalized spacial score (nSPS) is 13.8. The van der Waals surface area contributed by atoms with Crippen LogP contribution in [0.15, 0.2) is 137 Å². The van der Waals surface area contributed by atoms with Gasteiger partial charge in [-0.1, -0.05) is 104 Å². The van der Waals surface area contributed by atoms with Crippen LogP contribution < -0.4 is 14.4 Å². The van der Waals surface area contributed by atoms with E-state index >= 15 is 0 Å². The smallest absolute Gasteiger partial charge is 0.165 e. The second kappa shape index (κ2) is 10.0. The molecule has 1 aromatic heterocycles. The largest absolute Gasteiger partial charge is 0.455 e. The van der Waals surface area contributed by atoms with Crippen molar-refractivity contribution in [3.8, 4) is 34.3 Å². The van der Waals surface area contributed by atoms with Crippen molar-refractivity contribution in [1.82, 2.24) is 9.97 Å². The summed E-state index contributed by atoms with van der Waals surface area (Å²) in [6.45, 7) is 4.49. The van der Waals surface area contributed by atoms with E-state index in [0.29, 0.717) is 5.82 Å². The number of hydrogen-bond acceptors (Lipinski definition) is 6. The number of para-hydroxylation sites is 4. The first-order chi connectivity index (χ1) is 21.1. The van der Waals surface area contributed by atoms with Gasteiger partial charge in [0.2, 0.25) is 0 Å². The van der Waals surface area contributed by atoms with Gasteiger partial charge in [0.1, 0.15) is 11.5 Å². The Hall–Kier alpha value is -5.07. The Labute approximate surface area is 254 Å². The van der Waals surface area contributed by atoms with Gasteiger partial charge in [0.15, 0.2) is 17.3 Å². The average molecular weight is 578 g/mol. The van der Waals surface area contributed by atoms with Crippen LogP contribution in [0.4, 0.5) is 17.2 Å². The minimum absolute atomic E-state index is 0.268. The number of hydrogen-bond donors (Lipinski definition) is 0. The minimum Gasteiger partial charge on any atom is -0.455 e. The minimum atomic E-state index is -0.268. The molecule has 6 aromatic rings. The highest BCUT2D eigenvalue weighted by atomic mass is 32.2. The summed E-state index contributed by atoms with van der Waals surface area (Å²) in [5, 5.41) is 0. The van der Waals surface area contributed by atoms with Crippen molar-refractivity contribution in [3.05, 3.63) is 139 Å². The molecule has 5 aromatic carbocycles. The van der Waals surface area contributed by atoms with Crippen LogP contribution in [0.3, 0.4) is 0 Å². The van der Waals surface area contributed by atoms with Crippen molar-refractivity contribution in [2.75, 3.05) is 4.90 Å². The van der Waals surface area contributed by atoms with Crippen LogP contribution in [0.25, 0.3) is 11.3 Å². The molecular formula is C37H27N3O2S. The quantitative estimate of drug-likeness (QED) is 0.207. The van der Waals surface area contributed by atoms with Crippen LogP contribution in [0, 0.1) is 0 Å². The van der Waals surface area contributed by atoms with Gasteiger partial charge in [-0.05, 0) is 36.4 Å². The van der Waals surface area contributed by atoms with E-state index in [1.54, 1.807) is 11.8 Å². The van der Waals surface area contributed by atoms with E-state index in [1.807, 2.05) is 73.1 Å². The van der Waals surface area contributed by atoms with E-state index in [4.69, 9.17) is 19.4 Å². The van der Waals surface area contributed by atoms with Gasteiger partial charge in [0.25, 0.3) is 0 Å². The van der Waals surface area contributed by atoms with Crippen LogP contribution in [0.5, 0.6) is 23.0 Å². The van der Waals surface area contributed by atoms with E-state index < -0.39 is 0 Å². The molecule has 0 bridgehead atoms. The molecule has 0 amide bonds. The predicted molar refractivity (Wildman–Crippen MR) is 171 cm³/mol. The molecule has 0 aliphatic carbocycles. The summed E-state index contributed by atoms with van der Waals surface area (Å²) in [6, 6.07) is 39.0. The summed E-state index contributed by atoms with van der Waals surface area (Å²) in [5.41, 5.74) is 5.54. The van der Waals surface area contributed by atoms with Crippen molar-refractivity contribution in [3.63, 3.8) is 0 Å². The second-order valence-corrected chi connectivity index (χ2v) is 12.2. The van der Waals surface area contributed by atoms with Gasteiger partial charge in [-0.3, -0.25) is 9.88 Å². The molecule has 208 valence electrons. The Morgan fingerprint density at radius 2 is 1.23 bits per heavy atom. The molecular weight excluding hydrogens is 550 g/mol. The zero-order valence-electron chi connectivity index (χ0n) is 23.7. The van der Waals surface area contributed by atoms with Gasteiger partial charge in [0.05, 0.1) is 39.3 Å². The Morgan fingerprint density at radius 3 is 2.05 bits per heavy atom. The van der Waals surface area contributed by atoms with Gasteiger partial charge < -0.3 is 9.47 Å². The number of benzene rings is 5. The number of fused-ring (bicyclic) bond motifs is 4. The van der Waals surface area contributed by atoms with E-state index in [0.717, 1.165) is 66.5 Å². The molecule has 6 heteroatoms. The first-order valence-corrected chi connectivity index (χ1v) is 15.1. The maximum absolute atomic E-state index is 6.73. The van der Waals surface area contributed by atoms with E-state index in [9.17, 15) is 0 Å². The highest BCUT2D eigenvalue weighted by Gasteiger charge is 2.37. The molecule has 0 saturated heterocycles. The van der Waals surface area contributed by atoms with E-state index in [1.165, 1.54) is 0 Å². The fourth-order valence-corrected chi connectivity index (χ4v) is 6.89. The highest BCUT2D eigenvalue weighted by Crippen LogP contribution is 2.56. The zero-order chi connectivity index (χ0) is 29.0. The molecule has 0 fully saturated rings. The molecule has 0 saturated carbocycles. The lowest BCUT2D eigenvalue weighted by atomic mass is 9.75. The molecule has 5 nitrogen and oxygen atoms in total. The third kappa shape index (κ3) is 4.25. The summed E-state index contributed by atoms with van der Waals surface area (Å²) in [7, 11) is 0. The zero-order valence-corrected chi connectivity index (χ0v) is 24.5. The second-order valence-electron chi connectivity index (χ2n) is 11.1. The number of ether oxygens (including phenoxy) is 2. The lowest BCUT2D eigenvalue weighted by Gasteiger charge is -2.37. The molecule has 0 unspecified atom stereocenters. The summed E-state index contributed by atoms with van der Waals surface area (Å²) in [6.07, 6.45) is 3.65. The van der Waals surface area contributed by atoms with Crippen LogP contribution >= 0.6 is 11.8 Å². The van der Waals surface area contributed by atoms with Crippen LogP contribution in [-0.4, -0.2) is 9.97 Å². The Bertz CT molecular complexity index is 1990. The monoisotopic (exact) mass is 577 g/mol. The molecule has 0 spiro atoms. The van der Waals surface area contributed by atoms with Crippen molar-refractivity contribution < 1.29 is 9.47 Å². The molecule has 3 heterocycles. The number of rotatable bonds is 4. The summed E-state index contributed by atoms with van der Waals surface area (Å²) < 4.78 is 13.3. The topological polar surface area (TPSA) is 47.5 Å². The predicted octanol–water partition coefficient (Wildman–Crippen LogP) is 10.3. The lowest BCUT2D eigenvalue weighted by molar-refractivity contribution is 0.419. The first-order valence-electron chi connectivity index (χ1n) is 14.2. The third-order valence-corrected chi connectivity index (χ3v) is 9.20. The summed E-state index contributed by atoms with van der Waals surface area (Å²) >= 11 is 1.70. The average Bonchev–Trinajstić information content (AvgIpc) is 3.05. The number of aromatic nitrogens is 2. The lowest BCUT2D eigenvalue weighted by Crippen LogP contribution is -2.25. The maximum Gasteiger partial charge on any atom is 0.165 e. The Balaban J connectivity index is 1.33. The molecule has 2 aliphatic rings. The molecule has 0 atom stereocenters. The van der Waals surface area contributed by atoms with Gasteiger partial charge in [-0.15, -0.1) is 0 Å². The maximum atomic E-state index is 6.73. The van der Waals surface area contributed by atoms with Crippen LogP contribution in [0.2, 0.25) is 0 Å². The van der Waals surface area contributed by atoms with E-state index in [-0.39, 0.29) is 5.41 Å². The van der Waals surface area contributed by atoms with Gasteiger partial charge in [-0.25, -0.2) is 4.98 Å². The summed E-state index contributed by atoms with van der Waals surface area (Å²) in [5.74, 6) is 3.91.